The summed E-state index contributed by atoms with van der Waals surface area (Å²) in [5.74, 6) is -0.192. The largest absolute Gasteiger partial charge is 0.398 e. The van der Waals surface area contributed by atoms with E-state index >= 15 is 0 Å². The minimum absolute atomic E-state index is 0.192. The molecule has 3 aromatic rings. The van der Waals surface area contributed by atoms with Crippen molar-refractivity contribution in [3.8, 4) is 0 Å². The molecule has 134 valence electrons. The summed E-state index contributed by atoms with van der Waals surface area (Å²) in [6.45, 7) is 0.594. The molecule has 0 bridgehead atoms. The van der Waals surface area contributed by atoms with E-state index < -0.39 is 10.0 Å². The fraction of sp³-hybridized carbons (Fsp3) is 0.222. The number of sulfonamides is 1. The summed E-state index contributed by atoms with van der Waals surface area (Å²) in [6.07, 6.45) is 6.56. The number of rotatable bonds is 2. The van der Waals surface area contributed by atoms with E-state index in [0.29, 0.717) is 24.2 Å². The van der Waals surface area contributed by atoms with Crippen LogP contribution in [0.25, 0.3) is 10.9 Å². The molecular formula is C18H18N4O3S. The molecule has 0 saturated carbocycles. The Morgan fingerprint density at radius 1 is 1.23 bits per heavy atom. The van der Waals surface area contributed by atoms with Crippen molar-refractivity contribution in [1.29, 1.82) is 0 Å². The summed E-state index contributed by atoms with van der Waals surface area (Å²) >= 11 is 0. The van der Waals surface area contributed by atoms with Gasteiger partial charge in [-0.05, 0) is 35.7 Å². The summed E-state index contributed by atoms with van der Waals surface area (Å²) in [5, 5.41) is 0.821. The number of nitrogens with zero attached hydrogens (tertiary/aromatic N) is 3. The van der Waals surface area contributed by atoms with Crippen LogP contribution in [0.15, 0.2) is 42.9 Å². The average Bonchev–Trinajstić information content (AvgIpc) is 3.05. The van der Waals surface area contributed by atoms with Crippen LogP contribution in [0.1, 0.15) is 21.5 Å². The van der Waals surface area contributed by atoms with E-state index in [0.717, 1.165) is 22.0 Å². The summed E-state index contributed by atoms with van der Waals surface area (Å²) in [5.41, 5.74) is 9.45. The second-order valence-corrected chi connectivity index (χ2v) is 8.42. The Bertz CT molecular complexity index is 1130. The number of anilines is 1. The normalized spacial score (nSPS) is 15.1. The van der Waals surface area contributed by atoms with Gasteiger partial charge in [-0.3, -0.25) is 14.3 Å². The number of nitrogens with two attached hydrogens (primary N) is 1. The number of pyridine rings is 1. The Kier molecular flexibility index (Phi) is 3.82. The zero-order valence-electron chi connectivity index (χ0n) is 14.2. The van der Waals surface area contributed by atoms with Crippen LogP contribution < -0.4 is 5.73 Å². The van der Waals surface area contributed by atoms with Crippen LogP contribution in [-0.4, -0.2) is 41.0 Å². The molecule has 0 unspecified atom stereocenters. The maximum Gasteiger partial charge on any atom is 0.264 e. The van der Waals surface area contributed by atoms with E-state index in [1.165, 1.54) is 10.6 Å². The van der Waals surface area contributed by atoms with E-state index in [4.69, 9.17) is 5.73 Å². The third-order valence-corrected chi connectivity index (χ3v) is 6.04. The van der Waals surface area contributed by atoms with Crippen molar-refractivity contribution in [2.75, 3.05) is 18.5 Å². The minimum Gasteiger partial charge on any atom is -0.398 e. The predicted molar refractivity (Wildman–Crippen MR) is 99.3 cm³/mol. The molecule has 0 saturated heterocycles. The number of benzene rings is 1. The standard InChI is InChI=1S/C18H18N4O3S/c1-26(24,25)21-7-5-13-12(11-21)9-20-10-15(13)18(23)22-8-6-14-16(19)3-2-4-17(14)22/h2-4,6,8-10H,5,7,11,19H2,1H3. The van der Waals surface area contributed by atoms with Crippen LogP contribution in [0.4, 0.5) is 5.69 Å². The number of fused-ring (bicyclic) bond motifs is 2. The Labute approximate surface area is 151 Å². The van der Waals surface area contributed by atoms with Gasteiger partial charge < -0.3 is 5.73 Å². The van der Waals surface area contributed by atoms with Gasteiger partial charge in [0.05, 0.1) is 17.3 Å². The van der Waals surface area contributed by atoms with Crippen molar-refractivity contribution in [2.45, 2.75) is 13.0 Å². The minimum atomic E-state index is -3.28. The number of hydrogen-bond acceptors (Lipinski definition) is 5. The van der Waals surface area contributed by atoms with Gasteiger partial charge in [0.2, 0.25) is 10.0 Å². The molecule has 0 aliphatic carbocycles. The summed E-state index contributed by atoms with van der Waals surface area (Å²) < 4.78 is 26.6. The van der Waals surface area contributed by atoms with Crippen LogP contribution in [-0.2, 0) is 23.0 Å². The molecule has 3 heterocycles. The van der Waals surface area contributed by atoms with Crippen molar-refractivity contribution < 1.29 is 13.2 Å². The second kappa shape index (κ2) is 5.93. The highest BCUT2D eigenvalue weighted by Gasteiger charge is 2.27. The molecular weight excluding hydrogens is 352 g/mol. The number of nitrogen functional groups attached to an aromatic ring is 1. The number of carbonyl (C=O) groups excluding carboxylic acids is 1. The zero-order chi connectivity index (χ0) is 18.5. The maximum atomic E-state index is 13.1. The smallest absolute Gasteiger partial charge is 0.264 e. The van der Waals surface area contributed by atoms with Crippen molar-refractivity contribution in [2.24, 2.45) is 0 Å². The highest BCUT2D eigenvalue weighted by atomic mass is 32.2. The lowest BCUT2D eigenvalue weighted by atomic mass is 9.98. The highest BCUT2D eigenvalue weighted by Crippen LogP contribution is 2.26. The molecule has 0 fully saturated rings. The first-order valence-corrected chi connectivity index (χ1v) is 10.0. The summed E-state index contributed by atoms with van der Waals surface area (Å²) in [7, 11) is -3.28. The molecule has 1 aromatic carbocycles. The first-order valence-electron chi connectivity index (χ1n) is 8.17. The molecule has 1 aliphatic heterocycles. The van der Waals surface area contributed by atoms with Crippen LogP contribution >= 0.6 is 0 Å². The molecule has 0 amide bonds. The molecule has 2 N–H and O–H groups in total. The Morgan fingerprint density at radius 3 is 2.81 bits per heavy atom. The molecule has 4 rings (SSSR count). The van der Waals surface area contributed by atoms with E-state index in [-0.39, 0.29) is 12.5 Å². The molecule has 1 aliphatic rings. The van der Waals surface area contributed by atoms with Gasteiger partial charge in [0.15, 0.2) is 0 Å². The number of hydrogen-bond donors (Lipinski definition) is 1. The van der Waals surface area contributed by atoms with E-state index in [1.807, 2.05) is 18.2 Å². The third kappa shape index (κ3) is 2.67. The molecule has 26 heavy (non-hydrogen) atoms. The van der Waals surface area contributed by atoms with Gasteiger partial charge in [-0.25, -0.2) is 8.42 Å². The first-order chi connectivity index (χ1) is 12.4. The Hall–Kier alpha value is -2.71. The third-order valence-electron chi connectivity index (χ3n) is 4.79. The van der Waals surface area contributed by atoms with Gasteiger partial charge in [0.1, 0.15) is 0 Å². The Balaban J connectivity index is 1.77. The van der Waals surface area contributed by atoms with Gasteiger partial charge in [-0.15, -0.1) is 0 Å². The predicted octanol–water partition coefficient (Wildman–Crippen LogP) is 1.62. The summed E-state index contributed by atoms with van der Waals surface area (Å²) in [6, 6.07) is 7.27. The number of carbonyl (C=O) groups is 1. The molecule has 0 radical (unpaired) electrons. The lowest BCUT2D eigenvalue weighted by Crippen LogP contribution is -2.36. The summed E-state index contributed by atoms with van der Waals surface area (Å²) in [4.78, 5) is 17.3. The van der Waals surface area contributed by atoms with E-state index in [9.17, 15) is 13.2 Å². The van der Waals surface area contributed by atoms with Crippen LogP contribution in [0.3, 0.4) is 0 Å². The fourth-order valence-electron chi connectivity index (χ4n) is 3.43. The fourth-order valence-corrected chi connectivity index (χ4v) is 4.23. The van der Waals surface area contributed by atoms with Crippen LogP contribution in [0.2, 0.25) is 0 Å². The zero-order valence-corrected chi connectivity index (χ0v) is 15.0. The van der Waals surface area contributed by atoms with Crippen molar-refractivity contribution in [1.82, 2.24) is 13.9 Å². The van der Waals surface area contributed by atoms with Gasteiger partial charge in [0.25, 0.3) is 5.91 Å². The van der Waals surface area contributed by atoms with Gasteiger partial charge in [-0.1, -0.05) is 6.07 Å². The van der Waals surface area contributed by atoms with Gasteiger partial charge in [-0.2, -0.15) is 4.31 Å². The maximum absolute atomic E-state index is 13.1. The molecule has 8 heteroatoms. The Morgan fingerprint density at radius 2 is 2.04 bits per heavy atom. The van der Waals surface area contributed by atoms with Crippen LogP contribution in [0.5, 0.6) is 0 Å². The second-order valence-electron chi connectivity index (χ2n) is 6.44. The SMILES string of the molecule is CS(=O)(=O)N1CCc2c(cncc2C(=O)n2ccc3c(N)cccc32)C1. The average molecular weight is 370 g/mol. The molecule has 0 atom stereocenters. The lowest BCUT2D eigenvalue weighted by Gasteiger charge is -2.27. The topological polar surface area (TPSA) is 98.3 Å². The van der Waals surface area contributed by atoms with Crippen LogP contribution in [0, 0.1) is 0 Å². The van der Waals surface area contributed by atoms with Crippen molar-refractivity contribution in [3.63, 3.8) is 0 Å². The quantitative estimate of drug-likeness (QED) is 0.691. The van der Waals surface area contributed by atoms with Crippen molar-refractivity contribution >= 4 is 32.5 Å². The highest BCUT2D eigenvalue weighted by molar-refractivity contribution is 7.88. The molecule has 7 nitrogen and oxygen atoms in total. The van der Waals surface area contributed by atoms with Crippen molar-refractivity contribution in [3.05, 3.63) is 59.5 Å². The number of aromatic nitrogens is 2. The first kappa shape index (κ1) is 16.7. The molecule has 0 spiro atoms. The lowest BCUT2D eigenvalue weighted by molar-refractivity contribution is 0.0963. The van der Waals surface area contributed by atoms with E-state index in [2.05, 4.69) is 4.98 Å². The molecule has 2 aromatic heterocycles. The monoisotopic (exact) mass is 370 g/mol. The van der Waals surface area contributed by atoms with Gasteiger partial charge in [0, 0.05) is 42.8 Å². The van der Waals surface area contributed by atoms with E-state index in [1.54, 1.807) is 29.2 Å². The van der Waals surface area contributed by atoms with Gasteiger partial charge >= 0.3 is 0 Å².